The predicted octanol–water partition coefficient (Wildman–Crippen LogP) is 5.95. The third-order valence-electron chi connectivity index (χ3n) is 6.55. The van der Waals surface area contributed by atoms with Gasteiger partial charge in [0.15, 0.2) is 11.5 Å². The fourth-order valence-corrected chi connectivity index (χ4v) is 10.4. The van der Waals surface area contributed by atoms with Gasteiger partial charge in [0.25, 0.3) is 8.32 Å². The lowest BCUT2D eigenvalue weighted by Gasteiger charge is -2.42. The number of ether oxygens (including phenoxy) is 2. The van der Waals surface area contributed by atoms with Gasteiger partial charge in [0.2, 0.25) is 0 Å². The topological polar surface area (TPSA) is 68.2 Å². The maximum Gasteiger partial charge on any atom is 0.258 e. The largest absolute Gasteiger partial charge is 0.543 e. The Morgan fingerprint density at radius 1 is 0.844 bits per heavy atom. The van der Waals surface area contributed by atoms with E-state index in [1.54, 1.807) is 14.2 Å². The van der Waals surface area contributed by atoms with Crippen molar-refractivity contribution in [1.82, 2.24) is 0 Å². The highest BCUT2D eigenvalue weighted by Gasteiger charge is 2.47. The number of methoxy groups -OCH3 is 2. The molecule has 2 aromatic carbocycles. The van der Waals surface area contributed by atoms with Gasteiger partial charge in [0.1, 0.15) is 5.75 Å². The van der Waals surface area contributed by atoms with E-state index in [9.17, 15) is 10.2 Å². The first-order valence-corrected chi connectivity index (χ1v) is 13.6. The van der Waals surface area contributed by atoms with Crippen LogP contribution < -0.4 is 13.9 Å². The van der Waals surface area contributed by atoms with Gasteiger partial charge in [0, 0.05) is 12.2 Å². The standard InChI is InChI=1S/C26H40O5Si/c1-17(2)32(18(3)4,19(5)6)31-22-11-9-20(10-12-22)25-23(16-28)21(13-14-27)15-24(29-7)26(25)30-8/h9-12,15,17-19,27-28H,13-14,16H2,1-8H3. The molecule has 0 atom stereocenters. The summed E-state index contributed by atoms with van der Waals surface area (Å²) in [6.07, 6.45) is 0.426. The third kappa shape index (κ3) is 4.97. The fourth-order valence-electron chi connectivity index (χ4n) is 5.16. The summed E-state index contributed by atoms with van der Waals surface area (Å²) in [5.74, 6) is 2.02. The molecule has 0 spiro atoms. The summed E-state index contributed by atoms with van der Waals surface area (Å²) in [6, 6.07) is 9.87. The van der Waals surface area contributed by atoms with Crippen molar-refractivity contribution in [1.29, 1.82) is 0 Å². The zero-order valence-corrected chi connectivity index (χ0v) is 21.9. The zero-order chi connectivity index (χ0) is 24.1. The summed E-state index contributed by atoms with van der Waals surface area (Å²) >= 11 is 0. The van der Waals surface area contributed by atoms with Gasteiger partial charge >= 0.3 is 0 Å². The lowest BCUT2D eigenvalue weighted by atomic mass is 9.92. The van der Waals surface area contributed by atoms with Crippen LogP contribution in [0.1, 0.15) is 52.7 Å². The molecule has 5 nitrogen and oxygen atoms in total. The molecule has 32 heavy (non-hydrogen) atoms. The molecule has 0 fully saturated rings. The normalized spacial score (nSPS) is 12.0. The molecule has 2 rings (SSSR count). The molecule has 2 N–H and O–H groups in total. The summed E-state index contributed by atoms with van der Waals surface area (Å²) in [4.78, 5) is 0. The molecule has 0 aliphatic rings. The van der Waals surface area contributed by atoms with E-state index in [2.05, 4.69) is 41.5 Å². The van der Waals surface area contributed by atoms with Gasteiger partial charge in [-0.15, -0.1) is 0 Å². The van der Waals surface area contributed by atoms with Crippen molar-refractivity contribution < 1.29 is 24.1 Å². The van der Waals surface area contributed by atoms with Gasteiger partial charge in [-0.25, -0.2) is 0 Å². The van der Waals surface area contributed by atoms with Crippen LogP contribution in [-0.4, -0.2) is 39.4 Å². The molecule has 178 valence electrons. The van der Waals surface area contributed by atoms with Crippen molar-refractivity contribution in [2.75, 3.05) is 20.8 Å². The van der Waals surface area contributed by atoms with E-state index in [1.807, 2.05) is 30.3 Å². The van der Waals surface area contributed by atoms with Crippen LogP contribution >= 0.6 is 0 Å². The number of rotatable bonds is 11. The number of hydrogen-bond donors (Lipinski definition) is 2. The second-order valence-electron chi connectivity index (χ2n) is 9.20. The van der Waals surface area contributed by atoms with Crippen LogP contribution in [-0.2, 0) is 13.0 Å². The van der Waals surface area contributed by atoms with Crippen molar-refractivity contribution in [2.24, 2.45) is 0 Å². The average molecular weight is 461 g/mol. The quantitative estimate of drug-likeness (QED) is 0.405. The smallest absolute Gasteiger partial charge is 0.258 e. The second kappa shape index (κ2) is 11.2. The first-order chi connectivity index (χ1) is 15.2. The molecule has 0 saturated carbocycles. The Labute approximate surface area is 194 Å². The second-order valence-corrected chi connectivity index (χ2v) is 14.6. The SMILES string of the molecule is COc1cc(CCO)c(CO)c(-c2ccc(O[Si](C(C)C)(C(C)C)C(C)C)cc2)c1OC. The lowest BCUT2D eigenvalue weighted by molar-refractivity contribution is 0.274. The maximum absolute atomic E-state index is 10.2. The Morgan fingerprint density at radius 2 is 1.41 bits per heavy atom. The Morgan fingerprint density at radius 3 is 1.81 bits per heavy atom. The van der Waals surface area contributed by atoms with E-state index in [-0.39, 0.29) is 13.2 Å². The molecule has 2 aromatic rings. The van der Waals surface area contributed by atoms with Crippen LogP contribution in [0.4, 0.5) is 0 Å². The summed E-state index contributed by atoms with van der Waals surface area (Å²) in [5, 5.41) is 19.7. The van der Waals surface area contributed by atoms with E-state index in [4.69, 9.17) is 13.9 Å². The average Bonchev–Trinajstić information content (AvgIpc) is 2.76. The maximum atomic E-state index is 10.2. The van der Waals surface area contributed by atoms with Crippen LogP contribution in [0, 0.1) is 0 Å². The molecule has 0 aromatic heterocycles. The van der Waals surface area contributed by atoms with Crippen LogP contribution in [0.25, 0.3) is 11.1 Å². The molecule has 0 aliphatic heterocycles. The Kier molecular flexibility index (Phi) is 9.19. The number of benzene rings is 2. The highest BCUT2D eigenvalue weighted by Crippen LogP contribution is 2.45. The van der Waals surface area contributed by atoms with E-state index in [0.717, 1.165) is 28.0 Å². The van der Waals surface area contributed by atoms with E-state index < -0.39 is 8.32 Å². The Balaban J connectivity index is 2.58. The minimum absolute atomic E-state index is 0.0129. The van der Waals surface area contributed by atoms with Gasteiger partial charge in [-0.05, 0) is 57.9 Å². The van der Waals surface area contributed by atoms with Crippen molar-refractivity contribution in [3.05, 3.63) is 41.5 Å². The molecule has 0 amide bonds. The van der Waals surface area contributed by atoms with Crippen LogP contribution in [0.5, 0.6) is 17.2 Å². The molecule has 0 radical (unpaired) electrons. The third-order valence-corrected chi connectivity index (χ3v) is 12.6. The fraction of sp³-hybridized carbons (Fsp3) is 0.538. The van der Waals surface area contributed by atoms with Gasteiger partial charge in [-0.2, -0.15) is 0 Å². The molecule has 0 heterocycles. The van der Waals surface area contributed by atoms with E-state index >= 15 is 0 Å². The Hall–Kier alpha value is -2.02. The molecule has 0 aliphatic carbocycles. The number of aliphatic hydroxyl groups excluding tert-OH is 2. The van der Waals surface area contributed by atoms with Gasteiger partial charge in [0.05, 0.1) is 20.8 Å². The van der Waals surface area contributed by atoms with Crippen molar-refractivity contribution in [3.8, 4) is 28.4 Å². The van der Waals surface area contributed by atoms with Crippen molar-refractivity contribution >= 4 is 8.32 Å². The Bertz CT molecular complexity index is 853. The van der Waals surface area contributed by atoms with Crippen molar-refractivity contribution in [2.45, 2.75) is 71.2 Å². The first-order valence-electron chi connectivity index (χ1n) is 11.5. The van der Waals surface area contributed by atoms with E-state index in [1.165, 1.54) is 0 Å². The predicted molar refractivity (Wildman–Crippen MR) is 133 cm³/mol. The van der Waals surface area contributed by atoms with Crippen LogP contribution in [0.15, 0.2) is 30.3 Å². The molecule has 6 heteroatoms. The number of aliphatic hydroxyl groups is 2. The van der Waals surface area contributed by atoms with Gasteiger partial charge in [-0.3, -0.25) is 0 Å². The summed E-state index contributed by atoms with van der Waals surface area (Å²) in [6.45, 7) is 13.5. The lowest BCUT2D eigenvalue weighted by Crippen LogP contribution is -2.50. The van der Waals surface area contributed by atoms with Crippen LogP contribution in [0.2, 0.25) is 16.6 Å². The van der Waals surface area contributed by atoms with Gasteiger partial charge < -0.3 is 24.1 Å². The first kappa shape index (κ1) is 26.2. The summed E-state index contributed by atoms with van der Waals surface area (Å²) < 4.78 is 18.0. The molecule has 0 saturated heterocycles. The van der Waals surface area contributed by atoms with E-state index in [0.29, 0.717) is 34.5 Å². The van der Waals surface area contributed by atoms with Gasteiger partial charge in [-0.1, -0.05) is 53.7 Å². The highest BCUT2D eigenvalue weighted by atomic mass is 28.4. The molecular formula is C26H40O5Si. The summed E-state index contributed by atoms with van der Waals surface area (Å²) in [7, 11) is 1.14. The highest BCUT2D eigenvalue weighted by molar-refractivity contribution is 6.78. The molecule has 0 bridgehead atoms. The molecule has 0 unspecified atom stereocenters. The zero-order valence-electron chi connectivity index (χ0n) is 20.9. The monoisotopic (exact) mass is 460 g/mol. The minimum Gasteiger partial charge on any atom is -0.543 e. The molecular weight excluding hydrogens is 420 g/mol. The van der Waals surface area contributed by atoms with Crippen molar-refractivity contribution in [3.63, 3.8) is 0 Å². The number of hydrogen-bond acceptors (Lipinski definition) is 5. The summed E-state index contributed by atoms with van der Waals surface area (Å²) in [5.41, 5.74) is 4.73. The minimum atomic E-state index is -2.05. The van der Waals surface area contributed by atoms with Crippen LogP contribution in [0.3, 0.4) is 0 Å².